The molecule has 4 rings (SSSR count). The van der Waals surface area contributed by atoms with Gasteiger partial charge in [0.05, 0.1) is 17.2 Å². The molecular formula is C33H53N7O3S. The van der Waals surface area contributed by atoms with Crippen LogP contribution >= 0.6 is 0 Å². The Balaban J connectivity index is 1.54. The van der Waals surface area contributed by atoms with Crippen LogP contribution < -0.4 is 9.62 Å². The van der Waals surface area contributed by atoms with E-state index in [0.717, 1.165) is 42.8 Å². The minimum atomic E-state index is -3.33. The second-order valence-electron chi connectivity index (χ2n) is 14.0. The smallest absolute Gasteiger partial charge is 0.211 e. The van der Waals surface area contributed by atoms with Gasteiger partial charge >= 0.3 is 0 Å². The Bertz CT molecular complexity index is 1490. The van der Waals surface area contributed by atoms with E-state index < -0.39 is 10.0 Å². The summed E-state index contributed by atoms with van der Waals surface area (Å²) in [5.41, 5.74) is 5.53. The summed E-state index contributed by atoms with van der Waals surface area (Å²) in [5.74, 6) is 1.26. The first kappa shape index (κ1) is 34.2. The Hall–Kier alpha value is -2.63. The summed E-state index contributed by atoms with van der Waals surface area (Å²) >= 11 is 0. The minimum absolute atomic E-state index is 0.0837. The van der Waals surface area contributed by atoms with Crippen LogP contribution in [0.2, 0.25) is 0 Å². The first-order valence-electron chi connectivity index (χ1n) is 16.3. The third-order valence-electron chi connectivity index (χ3n) is 9.03. The van der Waals surface area contributed by atoms with Crippen molar-refractivity contribution in [2.45, 2.75) is 118 Å². The number of benzene rings is 1. The van der Waals surface area contributed by atoms with E-state index in [0.29, 0.717) is 36.2 Å². The Kier molecular flexibility index (Phi) is 10.7. The molecule has 44 heavy (non-hydrogen) atoms. The molecule has 1 aromatic heterocycles. The summed E-state index contributed by atoms with van der Waals surface area (Å²) < 4.78 is 27.7. The maximum Gasteiger partial charge on any atom is 0.211 e. The van der Waals surface area contributed by atoms with Gasteiger partial charge in [-0.1, -0.05) is 73.6 Å². The summed E-state index contributed by atoms with van der Waals surface area (Å²) in [6.45, 7) is 18.6. The van der Waals surface area contributed by atoms with Gasteiger partial charge in [-0.05, 0) is 49.9 Å². The number of fused-ring (bicyclic) bond motifs is 2. The highest BCUT2D eigenvalue weighted by atomic mass is 32.2. The van der Waals surface area contributed by atoms with Crippen molar-refractivity contribution in [1.29, 1.82) is 0 Å². The predicted octanol–water partition coefficient (Wildman–Crippen LogP) is 5.66. The van der Waals surface area contributed by atoms with Gasteiger partial charge in [0.25, 0.3) is 0 Å². The molecule has 2 aromatic rings. The molecule has 1 aromatic carbocycles. The van der Waals surface area contributed by atoms with Gasteiger partial charge in [0.2, 0.25) is 15.8 Å². The zero-order valence-electron chi connectivity index (χ0n) is 28.1. The van der Waals surface area contributed by atoms with E-state index in [4.69, 9.17) is 15.1 Å². The van der Waals surface area contributed by atoms with Crippen LogP contribution in [-0.2, 0) is 21.9 Å². The van der Waals surface area contributed by atoms with Crippen molar-refractivity contribution in [1.82, 2.24) is 19.6 Å². The van der Waals surface area contributed by atoms with Gasteiger partial charge in [0.15, 0.2) is 5.82 Å². The number of aliphatic hydroxyl groups is 1. The normalized spacial score (nSPS) is 18.7. The first-order valence-corrected chi connectivity index (χ1v) is 18.0. The molecule has 2 aliphatic rings. The van der Waals surface area contributed by atoms with Crippen molar-refractivity contribution in [3.05, 3.63) is 34.9 Å². The predicted molar refractivity (Wildman–Crippen MR) is 180 cm³/mol. The summed E-state index contributed by atoms with van der Waals surface area (Å²) in [7, 11) is -3.33. The number of hydrogen-bond acceptors (Lipinski definition) is 8. The van der Waals surface area contributed by atoms with Crippen molar-refractivity contribution >= 4 is 32.8 Å². The highest BCUT2D eigenvalue weighted by Gasteiger charge is 2.42. The second-order valence-corrected chi connectivity index (χ2v) is 15.9. The van der Waals surface area contributed by atoms with E-state index in [1.54, 1.807) is 4.79 Å². The first-order chi connectivity index (χ1) is 20.7. The van der Waals surface area contributed by atoms with Crippen LogP contribution in [0.3, 0.4) is 0 Å². The van der Waals surface area contributed by atoms with Gasteiger partial charge in [-0.25, -0.2) is 23.1 Å². The molecule has 11 heteroatoms. The Morgan fingerprint density at radius 1 is 1.09 bits per heavy atom. The number of aliphatic hydroxyl groups excluding tert-OH is 1. The van der Waals surface area contributed by atoms with Gasteiger partial charge in [-0.15, -0.1) is 9.89 Å². The van der Waals surface area contributed by atoms with Crippen LogP contribution in [0.25, 0.3) is 0 Å². The minimum Gasteiger partial charge on any atom is -0.396 e. The summed E-state index contributed by atoms with van der Waals surface area (Å²) in [6, 6.07) is 4.71. The summed E-state index contributed by atoms with van der Waals surface area (Å²) in [5, 5.41) is 18.9. The van der Waals surface area contributed by atoms with E-state index in [1.165, 1.54) is 30.5 Å². The van der Waals surface area contributed by atoms with Crippen molar-refractivity contribution in [2.24, 2.45) is 15.5 Å². The number of anilines is 1. The highest BCUT2D eigenvalue weighted by molar-refractivity contribution is 7.89. The number of aryl methyl sites for hydroxylation is 1. The fourth-order valence-electron chi connectivity index (χ4n) is 6.04. The van der Waals surface area contributed by atoms with Gasteiger partial charge in [-0.2, -0.15) is 5.10 Å². The van der Waals surface area contributed by atoms with E-state index in [1.807, 2.05) is 0 Å². The van der Waals surface area contributed by atoms with Crippen LogP contribution in [0.15, 0.2) is 22.2 Å². The second kappa shape index (κ2) is 13.8. The molecule has 0 bridgehead atoms. The van der Waals surface area contributed by atoms with Gasteiger partial charge in [-0.3, -0.25) is 0 Å². The average Bonchev–Trinajstić information content (AvgIpc) is 3.54. The number of nitrogens with one attached hydrogen (secondary N) is 1. The Morgan fingerprint density at radius 3 is 2.48 bits per heavy atom. The maximum atomic E-state index is 12.5. The Morgan fingerprint density at radius 2 is 1.80 bits per heavy atom. The lowest BCUT2D eigenvalue weighted by Gasteiger charge is -2.31. The molecule has 1 atom stereocenters. The standard InChI is InChI=1S/C33H53N7O3S/c1-9-10-11-12-13-14-20-44(42,43)34-17-16-28-36-31-29(30(32(4,5)6)38-40(31)37-28)35-26-22-25-27(21-23(26)2)39(18-15-19-41)24(3)33(25,7)8/h21-22,24,34,41H,9-20H2,1-8H3/b35-29-. The van der Waals surface area contributed by atoms with Gasteiger partial charge in [0, 0.05) is 48.7 Å². The molecule has 0 radical (unpaired) electrons. The topological polar surface area (TPSA) is 125 Å². The molecule has 2 aliphatic heterocycles. The molecule has 0 saturated heterocycles. The summed E-state index contributed by atoms with van der Waals surface area (Å²) in [6.07, 6.45) is 7.35. The zero-order chi connectivity index (χ0) is 32.3. The molecule has 0 spiro atoms. The van der Waals surface area contributed by atoms with Gasteiger partial charge < -0.3 is 10.0 Å². The zero-order valence-corrected chi connectivity index (χ0v) is 28.9. The lowest BCUT2D eigenvalue weighted by Crippen LogP contribution is -2.39. The summed E-state index contributed by atoms with van der Waals surface area (Å²) in [4.78, 5) is 13.9. The molecule has 244 valence electrons. The fourth-order valence-corrected chi connectivity index (χ4v) is 7.18. The van der Waals surface area contributed by atoms with Crippen LogP contribution in [0.4, 0.5) is 11.4 Å². The lowest BCUT2D eigenvalue weighted by atomic mass is 9.81. The van der Waals surface area contributed by atoms with Crippen molar-refractivity contribution in [2.75, 3.05) is 30.3 Å². The number of nitrogens with zero attached hydrogens (tertiary/aromatic N) is 6. The van der Waals surface area contributed by atoms with Gasteiger partial charge in [0.1, 0.15) is 5.71 Å². The molecular weight excluding hydrogens is 574 g/mol. The fraction of sp³-hybridized carbons (Fsp3) is 0.697. The molecule has 2 N–H and O–H groups in total. The van der Waals surface area contributed by atoms with Crippen molar-refractivity contribution in [3.8, 4) is 0 Å². The quantitative estimate of drug-likeness (QED) is 0.246. The third kappa shape index (κ3) is 7.59. The number of aromatic nitrogens is 3. The largest absolute Gasteiger partial charge is 0.396 e. The average molecular weight is 628 g/mol. The molecule has 0 aliphatic carbocycles. The van der Waals surface area contributed by atoms with Crippen molar-refractivity contribution < 1.29 is 13.5 Å². The highest BCUT2D eigenvalue weighted by Crippen LogP contribution is 2.47. The molecule has 0 fully saturated rings. The van der Waals surface area contributed by atoms with E-state index in [-0.39, 0.29) is 29.7 Å². The van der Waals surface area contributed by atoms with E-state index in [9.17, 15) is 13.5 Å². The maximum absolute atomic E-state index is 12.5. The number of sulfonamides is 1. The molecule has 3 heterocycles. The monoisotopic (exact) mass is 627 g/mol. The van der Waals surface area contributed by atoms with Crippen LogP contribution in [0, 0.1) is 12.3 Å². The third-order valence-corrected chi connectivity index (χ3v) is 10.5. The van der Waals surface area contributed by atoms with E-state index in [2.05, 4.69) is 82.2 Å². The molecule has 0 saturated carbocycles. The Labute approximate surface area is 264 Å². The number of hydrogen-bond donors (Lipinski definition) is 2. The SMILES string of the molecule is CCCCCCCCS(=O)(=O)NCCc1nc2n(n1)N=C(C(C)(C)C)/C2=N/c1cc2c(cc1C)N(CCCO)C(C)C2(C)C. The van der Waals surface area contributed by atoms with Crippen LogP contribution in [-0.4, -0.2) is 71.3 Å². The number of unbranched alkanes of at least 4 members (excludes halogenated alkanes) is 5. The molecule has 1 unspecified atom stereocenters. The lowest BCUT2D eigenvalue weighted by molar-refractivity contribution is 0.286. The van der Waals surface area contributed by atoms with E-state index >= 15 is 0 Å². The van der Waals surface area contributed by atoms with Crippen molar-refractivity contribution in [3.63, 3.8) is 0 Å². The number of aliphatic imine (C=N–C) groups is 1. The van der Waals surface area contributed by atoms with Crippen LogP contribution in [0.5, 0.6) is 0 Å². The molecule has 10 nitrogen and oxygen atoms in total. The number of rotatable bonds is 15. The molecule has 0 amide bonds. The van der Waals surface area contributed by atoms with Crippen LogP contribution in [0.1, 0.15) is 116 Å².